The number of hydrogen-bond acceptors (Lipinski definition) is 8. The van der Waals surface area contributed by atoms with Gasteiger partial charge in [-0.05, 0) is 68.4 Å². The van der Waals surface area contributed by atoms with Crippen molar-refractivity contribution in [2.24, 2.45) is 34.5 Å². The summed E-state index contributed by atoms with van der Waals surface area (Å²) >= 11 is 0. The van der Waals surface area contributed by atoms with Crippen molar-refractivity contribution < 1.29 is 33.3 Å². The van der Waals surface area contributed by atoms with Gasteiger partial charge in [-0.25, -0.2) is 9.78 Å². The molecule has 3 fully saturated rings. The van der Waals surface area contributed by atoms with Gasteiger partial charge < -0.3 is 23.7 Å². The molecule has 1 aliphatic heterocycles. The van der Waals surface area contributed by atoms with E-state index in [1.54, 1.807) is 27.7 Å². The Morgan fingerprint density at radius 2 is 1.89 bits per heavy atom. The number of carbonyl (C=O) groups excluding carboxylic acids is 2. The smallest absolute Gasteiger partial charge is 0.361 e. The topological polar surface area (TPSA) is 108 Å². The highest BCUT2D eigenvalue weighted by Gasteiger charge is 2.77. The van der Waals surface area contributed by atoms with E-state index >= 15 is 0 Å². The van der Waals surface area contributed by atoms with Crippen molar-refractivity contribution in [3.8, 4) is 0 Å². The predicted molar refractivity (Wildman–Crippen MR) is 132 cm³/mol. The van der Waals surface area contributed by atoms with Crippen LogP contribution in [0.1, 0.15) is 70.1 Å². The minimum absolute atomic E-state index is 0.0183. The molecule has 4 aliphatic carbocycles. The normalized spacial score (nSPS) is 42.9. The van der Waals surface area contributed by atoms with Gasteiger partial charge in [-0.3, -0.25) is 4.79 Å². The average Bonchev–Trinajstić information content (AvgIpc) is 3.08. The molecule has 8 atom stereocenters. The Morgan fingerprint density at radius 1 is 1.19 bits per heavy atom. The van der Waals surface area contributed by atoms with E-state index < -0.39 is 35.0 Å². The number of ketones is 1. The number of Topliss-reactive ketones (excluding diaryl/α,β-unsaturated/α-hetero) is 1. The van der Waals surface area contributed by atoms with E-state index in [-0.39, 0.29) is 41.3 Å². The zero-order valence-electron chi connectivity index (χ0n) is 22.9. The number of fused-ring (bicyclic) bond motifs is 5. The number of aliphatic hydroxyl groups is 1. The third-order valence-electron chi connectivity index (χ3n) is 9.99. The Morgan fingerprint density at radius 3 is 2.54 bits per heavy atom. The number of hydrogen-bond donors (Lipinski definition) is 1. The summed E-state index contributed by atoms with van der Waals surface area (Å²) in [4.78, 5) is 32.2. The van der Waals surface area contributed by atoms with Crippen LogP contribution in [0.3, 0.4) is 0 Å². The Balaban J connectivity index is 1.52. The van der Waals surface area contributed by atoms with Crippen LogP contribution in [-0.2, 0) is 19.0 Å². The van der Waals surface area contributed by atoms with Crippen molar-refractivity contribution >= 4 is 11.8 Å². The first kappa shape index (κ1) is 25.0. The monoisotopic (exact) mass is 511 g/mol. The quantitative estimate of drug-likeness (QED) is 0.467. The highest BCUT2D eigenvalue weighted by molar-refractivity contribution is 5.96. The summed E-state index contributed by atoms with van der Waals surface area (Å²) in [6.45, 7) is 15.5. The van der Waals surface area contributed by atoms with E-state index in [2.05, 4.69) is 18.8 Å². The number of allylic oxidation sites excluding steroid dienone is 1. The first-order chi connectivity index (χ1) is 17.1. The van der Waals surface area contributed by atoms with Gasteiger partial charge in [0.2, 0.25) is 0 Å². The van der Waals surface area contributed by atoms with Crippen LogP contribution >= 0.6 is 0 Å². The van der Waals surface area contributed by atoms with Crippen LogP contribution in [0.4, 0.5) is 0 Å². The fraction of sp³-hybridized carbons (Fsp3) is 0.690. The van der Waals surface area contributed by atoms with Gasteiger partial charge in [-0.2, -0.15) is 0 Å². The maximum atomic E-state index is 14.7. The molecule has 1 N–H and O–H groups in total. The summed E-state index contributed by atoms with van der Waals surface area (Å²) in [6, 6.07) is 0. The summed E-state index contributed by atoms with van der Waals surface area (Å²) < 4.78 is 24.0. The van der Waals surface area contributed by atoms with Gasteiger partial charge in [0.15, 0.2) is 34.9 Å². The SMILES string of the molecule is CC1=CC23C(=O)[C@@H](C=C4COC(C)(C)O[C@H]4[C@]2(O)[C@H]1OC(=O)c1nc(C)oc1C)[C@H]1[C@@H](CC3C)C1(C)C. The summed E-state index contributed by atoms with van der Waals surface area (Å²) in [7, 11) is 0. The van der Waals surface area contributed by atoms with Crippen LogP contribution in [0, 0.1) is 48.3 Å². The first-order valence-corrected chi connectivity index (χ1v) is 13.3. The summed E-state index contributed by atoms with van der Waals surface area (Å²) in [5, 5.41) is 13.0. The zero-order valence-corrected chi connectivity index (χ0v) is 22.9. The summed E-state index contributed by atoms with van der Waals surface area (Å²) in [6.07, 6.45) is 2.68. The lowest BCUT2D eigenvalue weighted by molar-refractivity contribution is -0.302. The molecule has 2 bridgehead atoms. The minimum Gasteiger partial charge on any atom is -0.450 e. The Hall–Kier alpha value is -2.29. The fourth-order valence-electron chi connectivity index (χ4n) is 8.18. The maximum absolute atomic E-state index is 14.7. The van der Waals surface area contributed by atoms with E-state index in [4.69, 9.17) is 18.6 Å². The first-order valence-electron chi connectivity index (χ1n) is 13.3. The number of nitrogens with zero attached hydrogens (tertiary/aromatic N) is 1. The standard InChI is InChI=1S/C29H37NO7/c1-13-11-28-14(2)9-19-20(26(19,5)6)18(22(28)31)10-17-12-34-27(7,8)37-24(17)29(28,33)23(13)36-25(32)21-15(3)35-16(4)30-21/h10-11,14,18-20,23-24,33H,9,12H2,1-8H3/t14?,18-,19+,20-,23-,24+,28?,29+/m0/s1. The third kappa shape index (κ3) is 3.09. The predicted octanol–water partition coefficient (Wildman–Crippen LogP) is 4.08. The van der Waals surface area contributed by atoms with Crippen LogP contribution in [-0.4, -0.2) is 52.0 Å². The lowest BCUT2D eigenvalue weighted by Crippen LogP contribution is -2.68. The van der Waals surface area contributed by atoms with Gasteiger partial charge in [0, 0.05) is 12.8 Å². The van der Waals surface area contributed by atoms with E-state index in [9.17, 15) is 14.7 Å². The van der Waals surface area contributed by atoms with Gasteiger partial charge in [-0.1, -0.05) is 32.9 Å². The molecule has 1 aromatic rings. The molecular formula is C29H37NO7. The summed E-state index contributed by atoms with van der Waals surface area (Å²) in [5.41, 5.74) is -1.66. The van der Waals surface area contributed by atoms with E-state index in [0.717, 1.165) is 12.0 Å². The molecule has 37 heavy (non-hydrogen) atoms. The molecule has 1 spiro atoms. The Kier molecular flexibility index (Phi) is 5.02. The number of aromatic nitrogens is 1. The highest BCUT2D eigenvalue weighted by atomic mass is 16.7. The number of oxazole rings is 1. The fourth-order valence-corrected chi connectivity index (χ4v) is 8.18. The van der Waals surface area contributed by atoms with E-state index in [1.165, 1.54) is 0 Å². The second-order valence-electron chi connectivity index (χ2n) is 12.9. The van der Waals surface area contributed by atoms with Crippen molar-refractivity contribution in [3.05, 3.63) is 40.6 Å². The lowest BCUT2D eigenvalue weighted by Gasteiger charge is -2.52. The second-order valence-corrected chi connectivity index (χ2v) is 12.9. The molecule has 5 aliphatic rings. The molecule has 2 unspecified atom stereocenters. The van der Waals surface area contributed by atoms with Gasteiger partial charge in [0.05, 0.1) is 12.0 Å². The third-order valence-corrected chi connectivity index (χ3v) is 9.99. The second kappa shape index (κ2) is 7.42. The van der Waals surface area contributed by atoms with Crippen molar-refractivity contribution in [2.75, 3.05) is 6.61 Å². The van der Waals surface area contributed by atoms with Crippen molar-refractivity contribution in [1.29, 1.82) is 0 Å². The number of ether oxygens (including phenoxy) is 3. The summed E-state index contributed by atoms with van der Waals surface area (Å²) in [5.74, 6) is -1.03. The van der Waals surface area contributed by atoms with Gasteiger partial charge in [0.25, 0.3) is 0 Å². The van der Waals surface area contributed by atoms with E-state index in [1.807, 2.05) is 26.0 Å². The molecule has 8 nitrogen and oxygen atoms in total. The molecular weight excluding hydrogens is 474 g/mol. The van der Waals surface area contributed by atoms with Crippen LogP contribution < -0.4 is 0 Å². The molecule has 2 saturated carbocycles. The zero-order chi connectivity index (χ0) is 26.9. The largest absolute Gasteiger partial charge is 0.450 e. The van der Waals surface area contributed by atoms with Crippen molar-refractivity contribution in [3.63, 3.8) is 0 Å². The van der Waals surface area contributed by atoms with Crippen LogP contribution in [0.15, 0.2) is 27.7 Å². The molecule has 8 heteroatoms. The average molecular weight is 512 g/mol. The molecule has 2 heterocycles. The number of carbonyl (C=O) groups is 2. The van der Waals surface area contributed by atoms with Crippen molar-refractivity contribution in [1.82, 2.24) is 4.98 Å². The van der Waals surface area contributed by atoms with Crippen molar-refractivity contribution in [2.45, 2.75) is 85.4 Å². The number of aryl methyl sites for hydroxylation is 2. The molecule has 1 saturated heterocycles. The molecule has 200 valence electrons. The maximum Gasteiger partial charge on any atom is 0.361 e. The molecule has 0 radical (unpaired) electrons. The van der Waals surface area contributed by atoms with Gasteiger partial charge in [0.1, 0.15) is 11.9 Å². The highest BCUT2D eigenvalue weighted by Crippen LogP contribution is 2.72. The van der Waals surface area contributed by atoms with Gasteiger partial charge >= 0.3 is 5.97 Å². The minimum atomic E-state index is -1.85. The number of esters is 1. The van der Waals surface area contributed by atoms with Crippen LogP contribution in [0.5, 0.6) is 0 Å². The van der Waals surface area contributed by atoms with Crippen LogP contribution in [0.25, 0.3) is 0 Å². The van der Waals surface area contributed by atoms with E-state index in [0.29, 0.717) is 23.1 Å². The van der Waals surface area contributed by atoms with Gasteiger partial charge in [-0.15, -0.1) is 0 Å². The Labute approximate surface area is 217 Å². The van der Waals surface area contributed by atoms with Crippen LogP contribution in [0.2, 0.25) is 0 Å². The molecule has 0 aromatic carbocycles. The number of rotatable bonds is 2. The Bertz CT molecular complexity index is 1270. The molecule has 6 rings (SSSR count). The molecule has 1 aromatic heterocycles. The molecule has 0 amide bonds. The lowest BCUT2D eigenvalue weighted by atomic mass is 9.59.